The summed E-state index contributed by atoms with van der Waals surface area (Å²) in [4.78, 5) is 23.1. The van der Waals surface area contributed by atoms with Gasteiger partial charge in [0.15, 0.2) is 5.13 Å². The summed E-state index contributed by atoms with van der Waals surface area (Å²) in [6.45, 7) is 3.17. The third-order valence-electron chi connectivity index (χ3n) is 3.89. The maximum atomic E-state index is 12.6. The first kappa shape index (κ1) is 14.8. The molecule has 0 unspecified atom stereocenters. The van der Waals surface area contributed by atoms with Crippen molar-refractivity contribution >= 4 is 28.1 Å². The molecule has 1 aliphatic heterocycles. The molecule has 2 aromatic rings. The van der Waals surface area contributed by atoms with Gasteiger partial charge in [0.2, 0.25) is 0 Å². The molecular formula is C16H20N4OS. The summed E-state index contributed by atoms with van der Waals surface area (Å²) in [7, 11) is 3.99. The Morgan fingerprint density at radius 3 is 2.36 bits per heavy atom. The third-order valence-corrected chi connectivity index (χ3v) is 4.72. The van der Waals surface area contributed by atoms with E-state index in [2.05, 4.69) is 9.88 Å². The molecule has 1 amide bonds. The molecule has 2 heterocycles. The van der Waals surface area contributed by atoms with E-state index < -0.39 is 0 Å². The summed E-state index contributed by atoms with van der Waals surface area (Å²) in [6, 6.07) is 7.79. The molecule has 6 heteroatoms. The van der Waals surface area contributed by atoms with E-state index in [1.165, 1.54) is 0 Å². The van der Waals surface area contributed by atoms with Crippen LogP contribution in [0.15, 0.2) is 35.8 Å². The monoisotopic (exact) mass is 316 g/mol. The third kappa shape index (κ3) is 3.06. The molecule has 0 bridgehead atoms. The van der Waals surface area contributed by atoms with Crippen LogP contribution in [0.2, 0.25) is 0 Å². The Hall–Kier alpha value is -2.08. The number of carbonyl (C=O) groups excluding carboxylic acids is 1. The highest BCUT2D eigenvalue weighted by atomic mass is 32.1. The number of anilines is 2. The van der Waals surface area contributed by atoms with E-state index in [9.17, 15) is 4.79 Å². The number of thiazole rings is 1. The fraction of sp³-hybridized carbons (Fsp3) is 0.375. The topological polar surface area (TPSA) is 39.7 Å². The summed E-state index contributed by atoms with van der Waals surface area (Å²) < 4.78 is 0. The predicted octanol–water partition coefficient (Wildman–Crippen LogP) is 2.17. The van der Waals surface area contributed by atoms with Gasteiger partial charge in [0.1, 0.15) is 0 Å². The van der Waals surface area contributed by atoms with E-state index >= 15 is 0 Å². The largest absolute Gasteiger partial charge is 0.378 e. The van der Waals surface area contributed by atoms with Crippen molar-refractivity contribution in [3.63, 3.8) is 0 Å². The lowest BCUT2D eigenvalue weighted by Gasteiger charge is -2.34. The molecule has 0 aliphatic carbocycles. The molecule has 116 valence electrons. The van der Waals surface area contributed by atoms with Crippen LogP contribution in [0.5, 0.6) is 0 Å². The van der Waals surface area contributed by atoms with Gasteiger partial charge in [-0.05, 0) is 24.3 Å². The SMILES string of the molecule is CN(C)c1ccc(C(=O)N2CCN(c3nccs3)CC2)cc1. The Kier molecular flexibility index (Phi) is 4.29. The van der Waals surface area contributed by atoms with Crippen LogP contribution in [-0.2, 0) is 0 Å². The van der Waals surface area contributed by atoms with Crippen LogP contribution in [-0.4, -0.2) is 56.1 Å². The number of rotatable bonds is 3. The lowest BCUT2D eigenvalue weighted by atomic mass is 10.1. The molecule has 0 radical (unpaired) electrons. The van der Waals surface area contributed by atoms with Crippen LogP contribution in [0.1, 0.15) is 10.4 Å². The highest BCUT2D eigenvalue weighted by Crippen LogP contribution is 2.20. The Balaban J connectivity index is 1.62. The van der Waals surface area contributed by atoms with Gasteiger partial charge in [0, 0.05) is 63.1 Å². The second kappa shape index (κ2) is 6.36. The zero-order chi connectivity index (χ0) is 15.5. The number of piperazine rings is 1. The molecule has 0 N–H and O–H groups in total. The summed E-state index contributed by atoms with van der Waals surface area (Å²) >= 11 is 1.65. The lowest BCUT2D eigenvalue weighted by molar-refractivity contribution is 0.0747. The van der Waals surface area contributed by atoms with E-state index in [4.69, 9.17) is 0 Å². The summed E-state index contributed by atoms with van der Waals surface area (Å²) in [5, 5.41) is 3.03. The number of amides is 1. The van der Waals surface area contributed by atoms with Crippen LogP contribution in [0, 0.1) is 0 Å². The van der Waals surface area contributed by atoms with Gasteiger partial charge in [0.05, 0.1) is 0 Å². The Morgan fingerprint density at radius 2 is 1.82 bits per heavy atom. The van der Waals surface area contributed by atoms with Crippen molar-refractivity contribution in [2.45, 2.75) is 0 Å². The van der Waals surface area contributed by atoms with Crippen LogP contribution >= 0.6 is 11.3 Å². The Morgan fingerprint density at radius 1 is 1.14 bits per heavy atom. The van der Waals surface area contributed by atoms with Gasteiger partial charge in [-0.3, -0.25) is 4.79 Å². The highest BCUT2D eigenvalue weighted by Gasteiger charge is 2.23. The fourth-order valence-electron chi connectivity index (χ4n) is 2.56. The normalized spacial score (nSPS) is 15.0. The van der Waals surface area contributed by atoms with Crippen LogP contribution < -0.4 is 9.80 Å². The fourth-order valence-corrected chi connectivity index (χ4v) is 3.25. The Bertz CT molecular complexity index is 616. The van der Waals surface area contributed by atoms with Crippen molar-refractivity contribution in [2.75, 3.05) is 50.1 Å². The molecule has 1 aromatic carbocycles. The maximum Gasteiger partial charge on any atom is 0.253 e. The van der Waals surface area contributed by atoms with Gasteiger partial charge in [-0.1, -0.05) is 0 Å². The van der Waals surface area contributed by atoms with E-state index in [1.54, 1.807) is 11.3 Å². The zero-order valence-corrected chi connectivity index (χ0v) is 13.7. The average molecular weight is 316 g/mol. The van der Waals surface area contributed by atoms with Crippen LogP contribution in [0.3, 0.4) is 0 Å². The number of aromatic nitrogens is 1. The quantitative estimate of drug-likeness (QED) is 0.870. The molecule has 0 spiro atoms. The van der Waals surface area contributed by atoms with Gasteiger partial charge >= 0.3 is 0 Å². The van der Waals surface area contributed by atoms with E-state index in [0.29, 0.717) is 0 Å². The smallest absolute Gasteiger partial charge is 0.253 e. The van der Waals surface area contributed by atoms with Gasteiger partial charge in [-0.25, -0.2) is 4.98 Å². The molecule has 1 aliphatic rings. The second-order valence-electron chi connectivity index (χ2n) is 5.54. The van der Waals surface area contributed by atoms with Crippen LogP contribution in [0.4, 0.5) is 10.8 Å². The molecule has 22 heavy (non-hydrogen) atoms. The van der Waals surface area contributed by atoms with Crippen molar-refractivity contribution in [3.8, 4) is 0 Å². The number of nitrogens with zero attached hydrogens (tertiary/aromatic N) is 4. The molecule has 0 atom stereocenters. The van der Waals surface area contributed by atoms with Gasteiger partial charge in [-0.2, -0.15) is 0 Å². The minimum absolute atomic E-state index is 0.115. The van der Waals surface area contributed by atoms with Gasteiger partial charge in [-0.15, -0.1) is 11.3 Å². The van der Waals surface area contributed by atoms with Crippen molar-refractivity contribution in [1.29, 1.82) is 0 Å². The lowest BCUT2D eigenvalue weighted by Crippen LogP contribution is -2.48. The van der Waals surface area contributed by atoms with Crippen molar-refractivity contribution in [1.82, 2.24) is 9.88 Å². The Labute approximate surface area is 134 Å². The van der Waals surface area contributed by atoms with Gasteiger partial charge < -0.3 is 14.7 Å². The number of carbonyl (C=O) groups is 1. The molecule has 1 fully saturated rings. The number of hydrogen-bond donors (Lipinski definition) is 0. The molecule has 5 nitrogen and oxygen atoms in total. The predicted molar refractivity (Wildman–Crippen MR) is 91.0 cm³/mol. The first-order chi connectivity index (χ1) is 10.6. The van der Waals surface area contributed by atoms with Crippen molar-refractivity contribution < 1.29 is 4.79 Å². The first-order valence-corrected chi connectivity index (χ1v) is 8.24. The average Bonchev–Trinajstić information content (AvgIpc) is 3.09. The molecule has 1 saturated heterocycles. The van der Waals surface area contributed by atoms with E-state index in [-0.39, 0.29) is 5.91 Å². The minimum Gasteiger partial charge on any atom is -0.378 e. The summed E-state index contributed by atoms with van der Waals surface area (Å²) in [5.41, 5.74) is 1.86. The zero-order valence-electron chi connectivity index (χ0n) is 12.9. The van der Waals surface area contributed by atoms with Crippen molar-refractivity contribution in [2.24, 2.45) is 0 Å². The number of benzene rings is 1. The molecular weight excluding hydrogens is 296 g/mol. The minimum atomic E-state index is 0.115. The summed E-state index contributed by atoms with van der Waals surface area (Å²) in [5.74, 6) is 0.115. The molecule has 1 aromatic heterocycles. The van der Waals surface area contributed by atoms with Crippen molar-refractivity contribution in [3.05, 3.63) is 41.4 Å². The highest BCUT2D eigenvalue weighted by molar-refractivity contribution is 7.13. The molecule has 0 saturated carbocycles. The van der Waals surface area contributed by atoms with E-state index in [0.717, 1.165) is 42.6 Å². The number of hydrogen-bond acceptors (Lipinski definition) is 5. The standard InChI is InChI=1S/C16H20N4OS/c1-18(2)14-5-3-13(4-6-14)15(21)19-8-10-20(11-9-19)16-17-7-12-22-16/h3-7,12H,8-11H2,1-2H3. The van der Waals surface area contributed by atoms with E-state index in [1.807, 2.05) is 59.7 Å². The van der Waals surface area contributed by atoms with Gasteiger partial charge in [0.25, 0.3) is 5.91 Å². The van der Waals surface area contributed by atoms with Crippen LogP contribution in [0.25, 0.3) is 0 Å². The second-order valence-corrected chi connectivity index (χ2v) is 6.41. The molecule has 3 rings (SSSR count). The first-order valence-electron chi connectivity index (χ1n) is 7.36. The maximum absolute atomic E-state index is 12.6. The summed E-state index contributed by atoms with van der Waals surface area (Å²) in [6.07, 6.45) is 1.82.